The molecule has 0 saturated heterocycles. The summed E-state index contributed by atoms with van der Waals surface area (Å²) >= 11 is 4.61. The molecular formula is C24H21BrFNO5S. The Morgan fingerprint density at radius 3 is 2.52 bits per heavy atom. The van der Waals surface area contributed by atoms with Gasteiger partial charge in [0.05, 0.1) is 25.3 Å². The van der Waals surface area contributed by atoms with Crippen LogP contribution in [0.15, 0.2) is 52.3 Å². The number of ether oxygens (including phenoxy) is 3. The van der Waals surface area contributed by atoms with E-state index in [1.807, 2.05) is 0 Å². The van der Waals surface area contributed by atoms with Crippen molar-refractivity contribution < 1.29 is 28.2 Å². The summed E-state index contributed by atoms with van der Waals surface area (Å²) in [5.74, 6) is -0.323. The van der Waals surface area contributed by atoms with Gasteiger partial charge in [-0.1, -0.05) is 12.1 Å². The topological polar surface area (TPSA) is 73.9 Å². The highest BCUT2D eigenvalue weighted by Gasteiger charge is 2.22. The van der Waals surface area contributed by atoms with Crippen molar-refractivity contribution in [3.05, 3.63) is 69.3 Å². The molecule has 0 aliphatic carbocycles. The Balaban J connectivity index is 1.87. The van der Waals surface area contributed by atoms with Gasteiger partial charge in [0.2, 0.25) is 5.91 Å². The Morgan fingerprint density at radius 2 is 1.88 bits per heavy atom. The van der Waals surface area contributed by atoms with Crippen molar-refractivity contribution in [3.63, 3.8) is 0 Å². The number of nitrogens with one attached hydrogen (secondary N) is 1. The molecule has 1 aromatic heterocycles. The van der Waals surface area contributed by atoms with Crippen molar-refractivity contribution in [2.45, 2.75) is 6.92 Å². The van der Waals surface area contributed by atoms with Crippen LogP contribution in [-0.2, 0) is 9.53 Å². The van der Waals surface area contributed by atoms with Gasteiger partial charge in [-0.15, -0.1) is 11.3 Å². The summed E-state index contributed by atoms with van der Waals surface area (Å²) < 4.78 is 29.8. The molecule has 33 heavy (non-hydrogen) atoms. The van der Waals surface area contributed by atoms with Crippen LogP contribution < -0.4 is 14.8 Å². The molecule has 1 N–H and O–H groups in total. The SMILES string of the molecule is CCOC(=O)c1c(-c2ccc(F)cc2)csc1NC(=O)/C=C/c1cc(Br)c(OC)c(OC)c1. The van der Waals surface area contributed by atoms with Gasteiger partial charge in [-0.3, -0.25) is 4.79 Å². The summed E-state index contributed by atoms with van der Waals surface area (Å²) in [4.78, 5) is 25.2. The smallest absolute Gasteiger partial charge is 0.341 e. The molecule has 172 valence electrons. The highest BCUT2D eigenvalue weighted by atomic mass is 79.9. The van der Waals surface area contributed by atoms with Crippen molar-refractivity contribution in [3.8, 4) is 22.6 Å². The Bertz CT molecular complexity index is 1190. The lowest BCUT2D eigenvalue weighted by atomic mass is 10.0. The number of hydrogen-bond acceptors (Lipinski definition) is 6. The number of methoxy groups -OCH3 is 2. The van der Waals surface area contributed by atoms with Crippen molar-refractivity contribution >= 4 is 50.2 Å². The Hall–Kier alpha value is -3.17. The van der Waals surface area contributed by atoms with Crippen LogP contribution in [0.25, 0.3) is 17.2 Å². The predicted octanol–water partition coefficient (Wildman–Crippen LogP) is 6.16. The number of esters is 1. The molecule has 0 saturated carbocycles. The molecule has 1 amide bonds. The quantitative estimate of drug-likeness (QED) is 0.277. The van der Waals surface area contributed by atoms with Gasteiger partial charge in [0.1, 0.15) is 16.4 Å². The third-order valence-corrected chi connectivity index (χ3v) is 6.03. The second kappa shape index (κ2) is 11.1. The molecule has 0 spiro atoms. The molecule has 0 fully saturated rings. The second-order valence-corrected chi connectivity index (χ2v) is 8.38. The molecule has 1 heterocycles. The molecule has 3 aromatic rings. The molecular weight excluding hydrogens is 513 g/mol. The Morgan fingerprint density at radius 1 is 1.15 bits per heavy atom. The summed E-state index contributed by atoms with van der Waals surface area (Å²) in [6.45, 7) is 1.88. The zero-order valence-electron chi connectivity index (χ0n) is 18.1. The normalized spacial score (nSPS) is 10.8. The molecule has 0 radical (unpaired) electrons. The van der Waals surface area contributed by atoms with Gasteiger partial charge in [-0.2, -0.15) is 0 Å². The third-order valence-electron chi connectivity index (χ3n) is 4.55. The van der Waals surface area contributed by atoms with Crippen LogP contribution in [0, 0.1) is 5.82 Å². The zero-order valence-corrected chi connectivity index (χ0v) is 20.5. The molecule has 0 unspecified atom stereocenters. The van der Waals surface area contributed by atoms with Crippen LogP contribution in [0.1, 0.15) is 22.8 Å². The van der Waals surface area contributed by atoms with Crippen LogP contribution in [0.2, 0.25) is 0 Å². The lowest BCUT2D eigenvalue weighted by Crippen LogP contribution is -2.12. The number of carbonyl (C=O) groups is 2. The number of amides is 1. The van der Waals surface area contributed by atoms with Gasteiger partial charge >= 0.3 is 5.97 Å². The molecule has 9 heteroatoms. The Labute approximate surface area is 203 Å². The standard InChI is InChI=1S/C24H21BrFNO5S/c1-4-32-24(29)21-17(15-6-8-16(26)9-7-15)13-33-23(21)27-20(28)10-5-14-11-18(25)22(31-3)19(12-14)30-2/h5-13H,4H2,1-3H3,(H,27,28)/b10-5+. The number of halogens is 2. The lowest BCUT2D eigenvalue weighted by molar-refractivity contribution is -0.111. The fourth-order valence-electron chi connectivity index (χ4n) is 3.06. The lowest BCUT2D eigenvalue weighted by Gasteiger charge is -2.10. The summed E-state index contributed by atoms with van der Waals surface area (Å²) in [5, 5.41) is 4.81. The van der Waals surface area contributed by atoms with E-state index in [-0.39, 0.29) is 18.0 Å². The summed E-state index contributed by atoms with van der Waals surface area (Å²) in [7, 11) is 3.06. The average Bonchev–Trinajstić information content (AvgIpc) is 3.21. The van der Waals surface area contributed by atoms with Crippen LogP contribution in [-0.4, -0.2) is 32.7 Å². The third kappa shape index (κ3) is 5.80. The van der Waals surface area contributed by atoms with E-state index in [0.29, 0.717) is 37.7 Å². The molecule has 0 aliphatic rings. The summed E-state index contributed by atoms with van der Waals surface area (Å²) in [6.07, 6.45) is 2.96. The number of anilines is 1. The summed E-state index contributed by atoms with van der Waals surface area (Å²) in [6, 6.07) is 9.28. The molecule has 0 bridgehead atoms. The van der Waals surface area contributed by atoms with Crippen LogP contribution in [0.5, 0.6) is 11.5 Å². The summed E-state index contributed by atoms with van der Waals surface area (Å²) in [5.41, 5.74) is 2.13. The molecule has 0 atom stereocenters. The van der Waals surface area contributed by atoms with Crippen LogP contribution in [0.3, 0.4) is 0 Å². The van der Waals surface area contributed by atoms with Gasteiger partial charge in [-0.05, 0) is 64.3 Å². The van der Waals surface area contributed by atoms with E-state index in [9.17, 15) is 14.0 Å². The number of hydrogen-bond donors (Lipinski definition) is 1. The van der Waals surface area contributed by atoms with Gasteiger partial charge in [0, 0.05) is 17.0 Å². The van der Waals surface area contributed by atoms with E-state index in [1.54, 1.807) is 42.6 Å². The second-order valence-electron chi connectivity index (χ2n) is 6.64. The van der Waals surface area contributed by atoms with Crippen molar-refractivity contribution in [1.82, 2.24) is 0 Å². The fourth-order valence-corrected chi connectivity index (χ4v) is 4.64. The van der Waals surface area contributed by atoms with Gasteiger partial charge < -0.3 is 19.5 Å². The van der Waals surface area contributed by atoms with Crippen molar-refractivity contribution in [1.29, 1.82) is 0 Å². The van der Waals surface area contributed by atoms with Gasteiger partial charge in [-0.25, -0.2) is 9.18 Å². The highest BCUT2D eigenvalue weighted by Crippen LogP contribution is 2.37. The first-order valence-electron chi connectivity index (χ1n) is 9.83. The van der Waals surface area contributed by atoms with E-state index in [2.05, 4.69) is 21.2 Å². The van der Waals surface area contributed by atoms with E-state index in [4.69, 9.17) is 14.2 Å². The Kier molecular flexibility index (Phi) is 8.24. The van der Waals surface area contributed by atoms with Crippen molar-refractivity contribution in [2.24, 2.45) is 0 Å². The molecule has 6 nitrogen and oxygen atoms in total. The average molecular weight is 534 g/mol. The first-order chi connectivity index (χ1) is 15.9. The highest BCUT2D eigenvalue weighted by molar-refractivity contribution is 9.10. The minimum absolute atomic E-state index is 0.180. The monoisotopic (exact) mass is 533 g/mol. The maximum Gasteiger partial charge on any atom is 0.341 e. The molecule has 3 rings (SSSR count). The van der Waals surface area contributed by atoms with E-state index in [1.165, 1.54) is 43.8 Å². The van der Waals surface area contributed by atoms with E-state index < -0.39 is 11.9 Å². The maximum atomic E-state index is 13.3. The van der Waals surface area contributed by atoms with Crippen molar-refractivity contribution in [2.75, 3.05) is 26.1 Å². The minimum atomic E-state index is -0.568. The van der Waals surface area contributed by atoms with Gasteiger partial charge in [0.15, 0.2) is 11.5 Å². The number of carbonyl (C=O) groups excluding carboxylic acids is 2. The largest absolute Gasteiger partial charge is 0.493 e. The first kappa shape index (κ1) is 24.5. The first-order valence-corrected chi connectivity index (χ1v) is 11.5. The van der Waals surface area contributed by atoms with Gasteiger partial charge in [0.25, 0.3) is 0 Å². The van der Waals surface area contributed by atoms with E-state index >= 15 is 0 Å². The predicted molar refractivity (Wildman–Crippen MR) is 131 cm³/mol. The number of rotatable bonds is 8. The van der Waals surface area contributed by atoms with Crippen LogP contribution >= 0.6 is 27.3 Å². The minimum Gasteiger partial charge on any atom is -0.493 e. The maximum absolute atomic E-state index is 13.3. The zero-order chi connectivity index (χ0) is 24.0. The van der Waals surface area contributed by atoms with Crippen LogP contribution in [0.4, 0.5) is 9.39 Å². The van der Waals surface area contributed by atoms with E-state index in [0.717, 1.165) is 0 Å². The fraction of sp³-hybridized carbons (Fsp3) is 0.167. The number of benzene rings is 2. The molecule has 2 aromatic carbocycles. The molecule has 0 aliphatic heterocycles. The number of thiophene rings is 1.